The van der Waals surface area contributed by atoms with Gasteiger partial charge in [-0.2, -0.15) is 0 Å². The van der Waals surface area contributed by atoms with Crippen LogP contribution in [0.4, 0.5) is 0 Å². The molecule has 0 radical (unpaired) electrons. The fourth-order valence-electron chi connectivity index (χ4n) is 13.9. The Kier molecular flexibility index (Phi) is 9.34. The SMILES string of the molecule is CC1(C)c2cc(-c3ccc4c(c3)c3c(n4-c4ccccc4)C=CC(c4ccccc4)C3)ccc2-c2c1ccc1c2-c2ccc(-c3ccc4c(c3)c3c(n4-c4ccccc4)C=CC(c4ccccc4)C3)cc2C1(C)C. The second-order valence-electron chi connectivity index (χ2n) is 22.4. The molecule has 0 aliphatic heterocycles. The fourth-order valence-corrected chi connectivity index (χ4v) is 13.9. The molecule has 2 unspecified atom stereocenters. The first-order valence-electron chi connectivity index (χ1n) is 26.6. The van der Waals surface area contributed by atoms with E-state index in [1.165, 1.54) is 134 Å². The zero-order valence-corrected chi connectivity index (χ0v) is 42.4. The second-order valence-corrected chi connectivity index (χ2v) is 22.4. The lowest BCUT2D eigenvalue weighted by molar-refractivity contribution is 0.651. The molecule has 2 nitrogen and oxygen atoms in total. The molecular formula is C72H56N2. The Morgan fingerprint density at radius 1 is 0.365 bits per heavy atom. The highest BCUT2D eigenvalue weighted by Crippen LogP contribution is 2.60. The summed E-state index contributed by atoms with van der Waals surface area (Å²) in [5.41, 5.74) is 29.0. The molecule has 4 aliphatic rings. The molecule has 11 aromatic rings. The van der Waals surface area contributed by atoms with Crippen LogP contribution >= 0.6 is 0 Å². The Labute approximate surface area is 434 Å². The van der Waals surface area contributed by atoms with Crippen LogP contribution in [0.3, 0.4) is 0 Å². The molecule has 0 N–H and O–H groups in total. The molecule has 74 heavy (non-hydrogen) atoms. The molecular weight excluding hydrogens is 893 g/mol. The maximum absolute atomic E-state index is 2.51. The summed E-state index contributed by atoms with van der Waals surface area (Å²) in [4.78, 5) is 0. The van der Waals surface area contributed by atoms with Gasteiger partial charge in [-0.05, 0) is 175 Å². The van der Waals surface area contributed by atoms with Gasteiger partial charge in [0.1, 0.15) is 0 Å². The third-order valence-corrected chi connectivity index (χ3v) is 17.7. The van der Waals surface area contributed by atoms with E-state index in [0.717, 1.165) is 12.8 Å². The van der Waals surface area contributed by atoms with Crippen molar-refractivity contribution in [3.05, 3.63) is 274 Å². The van der Waals surface area contributed by atoms with E-state index >= 15 is 0 Å². The van der Waals surface area contributed by atoms with E-state index < -0.39 is 0 Å². The summed E-state index contributed by atoms with van der Waals surface area (Å²) in [5, 5.41) is 2.67. The number of aromatic nitrogens is 2. The summed E-state index contributed by atoms with van der Waals surface area (Å²) in [5.74, 6) is 0.676. The number of allylic oxidation sites excluding steroid dienone is 2. The molecule has 354 valence electrons. The van der Waals surface area contributed by atoms with Crippen molar-refractivity contribution in [2.75, 3.05) is 0 Å². The van der Waals surface area contributed by atoms with E-state index in [1.54, 1.807) is 0 Å². The first-order valence-corrected chi connectivity index (χ1v) is 26.6. The molecule has 0 saturated carbocycles. The molecule has 0 bridgehead atoms. The lowest BCUT2D eigenvalue weighted by atomic mass is 9.79. The summed E-state index contributed by atoms with van der Waals surface area (Å²) >= 11 is 0. The quantitative estimate of drug-likeness (QED) is 0.157. The van der Waals surface area contributed by atoms with E-state index in [-0.39, 0.29) is 10.8 Å². The van der Waals surface area contributed by atoms with E-state index in [1.807, 2.05) is 0 Å². The molecule has 2 heterocycles. The van der Waals surface area contributed by atoms with Crippen molar-refractivity contribution < 1.29 is 0 Å². The summed E-state index contributed by atoms with van der Waals surface area (Å²) in [6.07, 6.45) is 11.5. The van der Waals surface area contributed by atoms with Crippen molar-refractivity contribution in [1.29, 1.82) is 0 Å². The highest BCUT2D eigenvalue weighted by atomic mass is 15.0. The number of benzene rings is 9. The minimum Gasteiger partial charge on any atom is -0.310 e. The summed E-state index contributed by atoms with van der Waals surface area (Å²) in [7, 11) is 0. The molecule has 2 aromatic heterocycles. The molecule has 2 atom stereocenters. The molecule has 0 spiro atoms. The second kappa shape index (κ2) is 16.0. The number of para-hydroxylation sites is 2. The van der Waals surface area contributed by atoms with Gasteiger partial charge in [0.15, 0.2) is 0 Å². The maximum atomic E-state index is 2.51. The maximum Gasteiger partial charge on any atom is 0.0538 e. The van der Waals surface area contributed by atoms with E-state index in [2.05, 4.69) is 267 Å². The van der Waals surface area contributed by atoms with E-state index in [4.69, 9.17) is 0 Å². The first kappa shape index (κ1) is 43.2. The smallest absolute Gasteiger partial charge is 0.0538 e. The molecule has 15 rings (SSSR count). The third kappa shape index (κ3) is 6.30. The normalized spacial score (nSPS) is 17.2. The average Bonchev–Trinajstić information content (AvgIpc) is 4.21. The van der Waals surface area contributed by atoms with E-state index in [0.29, 0.717) is 11.8 Å². The fraction of sp³-hybridized carbons (Fsp3) is 0.139. The predicted octanol–water partition coefficient (Wildman–Crippen LogP) is 18.2. The molecule has 9 aromatic carbocycles. The Balaban J connectivity index is 0.818. The van der Waals surface area contributed by atoms with E-state index in [9.17, 15) is 0 Å². The number of rotatable bonds is 6. The zero-order valence-electron chi connectivity index (χ0n) is 42.4. The van der Waals surface area contributed by atoms with Crippen LogP contribution in [0.25, 0.3) is 89.8 Å². The number of nitrogens with zero attached hydrogens (tertiary/aromatic N) is 2. The summed E-state index contributed by atoms with van der Waals surface area (Å²) in [6, 6.07) is 77.7. The van der Waals surface area contributed by atoms with Gasteiger partial charge in [0.05, 0.1) is 11.0 Å². The van der Waals surface area contributed by atoms with Gasteiger partial charge < -0.3 is 9.13 Å². The van der Waals surface area contributed by atoms with Crippen molar-refractivity contribution in [3.8, 4) is 55.9 Å². The largest absolute Gasteiger partial charge is 0.310 e. The van der Waals surface area contributed by atoms with Gasteiger partial charge in [-0.1, -0.05) is 185 Å². The number of hydrogen-bond acceptors (Lipinski definition) is 0. The van der Waals surface area contributed by atoms with Gasteiger partial charge in [-0.3, -0.25) is 0 Å². The van der Waals surface area contributed by atoms with Crippen LogP contribution in [0, 0.1) is 0 Å². The minimum absolute atomic E-state index is 0.171. The van der Waals surface area contributed by atoms with Crippen molar-refractivity contribution >= 4 is 34.0 Å². The molecule has 0 amide bonds. The summed E-state index contributed by atoms with van der Waals surface area (Å²) < 4.78 is 4.93. The monoisotopic (exact) mass is 948 g/mol. The molecule has 2 heteroatoms. The van der Waals surface area contributed by atoms with Crippen LogP contribution in [0.15, 0.2) is 218 Å². The van der Waals surface area contributed by atoms with Crippen LogP contribution in [-0.2, 0) is 23.7 Å². The molecule has 0 fully saturated rings. The van der Waals surface area contributed by atoms with Gasteiger partial charge in [0, 0.05) is 56.2 Å². The third-order valence-electron chi connectivity index (χ3n) is 17.7. The Bertz CT molecular complexity index is 3890. The lowest BCUT2D eigenvalue weighted by Gasteiger charge is -2.24. The van der Waals surface area contributed by atoms with Crippen molar-refractivity contribution in [2.45, 2.75) is 63.2 Å². The minimum atomic E-state index is -0.171. The van der Waals surface area contributed by atoms with Crippen molar-refractivity contribution in [2.24, 2.45) is 0 Å². The molecule has 0 saturated heterocycles. The van der Waals surface area contributed by atoms with Crippen LogP contribution in [0.5, 0.6) is 0 Å². The highest BCUT2D eigenvalue weighted by molar-refractivity contribution is 6.01. The standard InChI is InChI=1S/C72H56N2/c1-71(2)61-33-34-62-70(69(61)55-31-25-51(43-63(55)71)49-29-37-67-59(41-49)57-39-47(45-17-9-5-10-18-45)27-35-65(57)73(67)53-21-13-7-14-22-53)56-32-26-52(44-64(56)72(62,3)4)50-30-38-68-60(42-50)58-40-48(46-19-11-6-12-20-46)28-36-66(58)74(68)54-23-15-8-16-24-54/h5-38,41-44,47-48H,39-40H2,1-4H3. The first-order chi connectivity index (χ1) is 36.2. The van der Waals surface area contributed by atoms with Crippen LogP contribution < -0.4 is 0 Å². The van der Waals surface area contributed by atoms with Gasteiger partial charge in [-0.15, -0.1) is 0 Å². The van der Waals surface area contributed by atoms with Crippen molar-refractivity contribution in [1.82, 2.24) is 9.13 Å². The van der Waals surface area contributed by atoms with Gasteiger partial charge in [0.25, 0.3) is 0 Å². The van der Waals surface area contributed by atoms with Crippen LogP contribution in [-0.4, -0.2) is 9.13 Å². The topological polar surface area (TPSA) is 9.86 Å². The van der Waals surface area contributed by atoms with Crippen molar-refractivity contribution in [3.63, 3.8) is 0 Å². The number of hydrogen-bond donors (Lipinski definition) is 0. The Morgan fingerprint density at radius 3 is 1.14 bits per heavy atom. The number of fused-ring (bicyclic) bond motifs is 13. The van der Waals surface area contributed by atoms with Crippen LogP contribution in [0.1, 0.15) is 95.4 Å². The Morgan fingerprint density at radius 2 is 0.730 bits per heavy atom. The van der Waals surface area contributed by atoms with Gasteiger partial charge in [-0.25, -0.2) is 0 Å². The van der Waals surface area contributed by atoms with Crippen LogP contribution in [0.2, 0.25) is 0 Å². The Hall–Kier alpha value is -8.46. The summed E-state index contributed by atoms with van der Waals surface area (Å²) in [6.45, 7) is 9.74. The van der Waals surface area contributed by atoms with Gasteiger partial charge >= 0.3 is 0 Å². The highest BCUT2D eigenvalue weighted by Gasteiger charge is 2.44. The lowest BCUT2D eigenvalue weighted by Crippen LogP contribution is -2.17. The van der Waals surface area contributed by atoms with Gasteiger partial charge in [0.2, 0.25) is 0 Å². The predicted molar refractivity (Wildman–Crippen MR) is 310 cm³/mol. The molecule has 4 aliphatic carbocycles. The average molecular weight is 949 g/mol. The zero-order chi connectivity index (χ0) is 49.5.